The molecule has 0 saturated heterocycles. The molecule has 0 bridgehead atoms. The zero-order valence-corrected chi connectivity index (χ0v) is 14.5. The fourth-order valence-electron chi connectivity index (χ4n) is 2.84. The van der Waals surface area contributed by atoms with Crippen molar-refractivity contribution in [2.45, 2.75) is 59.5 Å². The minimum Gasteiger partial charge on any atom is -0.478 e. The number of rotatable bonds is 4. The van der Waals surface area contributed by atoms with Crippen LogP contribution in [0.4, 0.5) is 0 Å². The molecule has 4 nitrogen and oxygen atoms in total. The Bertz CT molecular complexity index is 497. The van der Waals surface area contributed by atoms with E-state index in [1.807, 2.05) is 13.8 Å². The number of hydrogen-bond donors (Lipinski definition) is 1. The highest BCUT2D eigenvalue weighted by atomic mass is 16.5. The molecule has 0 atom stereocenters. The molecular weight excluding hydrogens is 292 g/mol. The van der Waals surface area contributed by atoms with Gasteiger partial charge in [-0.3, -0.25) is 0 Å². The predicted molar refractivity (Wildman–Crippen MR) is 90.7 cm³/mol. The van der Waals surface area contributed by atoms with Gasteiger partial charge in [0, 0.05) is 0 Å². The maximum absolute atomic E-state index is 12.0. The van der Waals surface area contributed by atoms with Crippen LogP contribution in [0, 0.1) is 11.8 Å². The molecule has 1 aromatic rings. The number of carboxylic acid groups (broad SMARTS) is 1. The molecule has 0 aliphatic heterocycles. The van der Waals surface area contributed by atoms with Gasteiger partial charge in [0.2, 0.25) is 0 Å². The minimum atomic E-state index is -0.998. The lowest BCUT2D eigenvalue weighted by molar-refractivity contribution is 0.0142. The summed E-state index contributed by atoms with van der Waals surface area (Å²) in [4.78, 5) is 22.8. The molecule has 4 heteroatoms. The van der Waals surface area contributed by atoms with E-state index in [0.717, 1.165) is 31.6 Å². The molecule has 128 valence electrons. The quantitative estimate of drug-likeness (QED) is 0.811. The average Bonchev–Trinajstić information content (AvgIpc) is 2.57. The van der Waals surface area contributed by atoms with Gasteiger partial charge < -0.3 is 9.84 Å². The number of carbonyl (C=O) groups excluding carboxylic acids is 1. The van der Waals surface area contributed by atoms with Crippen LogP contribution in [0.2, 0.25) is 0 Å². The maximum atomic E-state index is 12.0. The molecule has 1 N–H and O–H groups in total. The Balaban J connectivity index is 0.00000127. The Morgan fingerprint density at radius 2 is 1.48 bits per heavy atom. The summed E-state index contributed by atoms with van der Waals surface area (Å²) < 4.78 is 5.52. The summed E-state index contributed by atoms with van der Waals surface area (Å²) in [6, 6.07) is 5.86. The van der Waals surface area contributed by atoms with Gasteiger partial charge >= 0.3 is 11.9 Å². The second-order valence-electron chi connectivity index (χ2n) is 6.07. The van der Waals surface area contributed by atoms with Crippen molar-refractivity contribution in [1.29, 1.82) is 0 Å². The SMILES string of the molecule is CC.CC(C)C1CCC(OC(=O)c2ccc(C(=O)O)cc2)CC1. The zero-order chi connectivity index (χ0) is 17.4. The van der Waals surface area contributed by atoms with Gasteiger partial charge in [-0.1, -0.05) is 27.7 Å². The van der Waals surface area contributed by atoms with Gasteiger partial charge in [-0.05, 0) is 61.8 Å². The second-order valence-corrected chi connectivity index (χ2v) is 6.07. The fourth-order valence-corrected chi connectivity index (χ4v) is 2.84. The molecule has 1 aliphatic carbocycles. The van der Waals surface area contributed by atoms with Crippen molar-refractivity contribution in [2.75, 3.05) is 0 Å². The highest BCUT2D eigenvalue weighted by molar-refractivity contribution is 5.92. The normalized spacial score (nSPS) is 20.4. The highest BCUT2D eigenvalue weighted by Gasteiger charge is 2.25. The van der Waals surface area contributed by atoms with Crippen LogP contribution in [0.3, 0.4) is 0 Å². The third kappa shape index (κ3) is 5.70. The number of carboxylic acids is 1. The second kappa shape index (κ2) is 9.33. The first-order chi connectivity index (χ1) is 11.0. The first-order valence-corrected chi connectivity index (χ1v) is 8.51. The van der Waals surface area contributed by atoms with E-state index in [1.54, 1.807) is 0 Å². The van der Waals surface area contributed by atoms with Crippen molar-refractivity contribution in [3.8, 4) is 0 Å². The Morgan fingerprint density at radius 3 is 1.91 bits per heavy atom. The van der Waals surface area contributed by atoms with Crippen molar-refractivity contribution in [2.24, 2.45) is 11.8 Å². The van der Waals surface area contributed by atoms with Gasteiger partial charge in [0.05, 0.1) is 11.1 Å². The molecule has 23 heavy (non-hydrogen) atoms. The van der Waals surface area contributed by atoms with Crippen LogP contribution in [0.25, 0.3) is 0 Å². The molecule has 2 rings (SSSR count). The highest BCUT2D eigenvalue weighted by Crippen LogP contribution is 2.31. The van der Waals surface area contributed by atoms with Gasteiger partial charge in [0.25, 0.3) is 0 Å². The van der Waals surface area contributed by atoms with Crippen LogP contribution in [0.1, 0.15) is 74.1 Å². The summed E-state index contributed by atoms with van der Waals surface area (Å²) in [6.45, 7) is 8.47. The molecular formula is C19H28O4. The van der Waals surface area contributed by atoms with E-state index in [9.17, 15) is 9.59 Å². The van der Waals surface area contributed by atoms with E-state index in [4.69, 9.17) is 9.84 Å². The minimum absolute atomic E-state index is 0.00773. The van der Waals surface area contributed by atoms with Crippen molar-refractivity contribution >= 4 is 11.9 Å². The lowest BCUT2D eigenvalue weighted by Crippen LogP contribution is -2.26. The van der Waals surface area contributed by atoms with E-state index in [2.05, 4.69) is 13.8 Å². The molecule has 1 aliphatic rings. The fraction of sp³-hybridized carbons (Fsp3) is 0.579. The summed E-state index contributed by atoms with van der Waals surface area (Å²) in [5.74, 6) is 0.0573. The molecule has 0 heterocycles. The first-order valence-electron chi connectivity index (χ1n) is 8.51. The van der Waals surface area contributed by atoms with Gasteiger partial charge in [-0.25, -0.2) is 9.59 Å². The van der Waals surface area contributed by atoms with E-state index in [0.29, 0.717) is 11.5 Å². The number of benzene rings is 1. The van der Waals surface area contributed by atoms with Crippen molar-refractivity contribution < 1.29 is 19.4 Å². The third-order valence-corrected chi connectivity index (χ3v) is 4.30. The number of ether oxygens (including phenoxy) is 1. The zero-order valence-electron chi connectivity index (χ0n) is 14.5. The average molecular weight is 320 g/mol. The summed E-state index contributed by atoms with van der Waals surface area (Å²) in [5, 5.41) is 8.83. The maximum Gasteiger partial charge on any atom is 0.338 e. The Kier molecular flexibility index (Phi) is 7.79. The molecule has 0 aromatic heterocycles. The van der Waals surface area contributed by atoms with Crippen LogP contribution >= 0.6 is 0 Å². The lowest BCUT2D eigenvalue weighted by Gasteiger charge is -2.30. The summed E-state index contributed by atoms with van der Waals surface area (Å²) in [7, 11) is 0. The van der Waals surface area contributed by atoms with E-state index in [1.165, 1.54) is 24.3 Å². The molecule has 1 fully saturated rings. The van der Waals surface area contributed by atoms with E-state index < -0.39 is 5.97 Å². The smallest absolute Gasteiger partial charge is 0.338 e. The number of aromatic carboxylic acids is 1. The molecule has 0 amide bonds. The van der Waals surface area contributed by atoms with Gasteiger partial charge in [-0.2, -0.15) is 0 Å². The van der Waals surface area contributed by atoms with Crippen molar-refractivity contribution in [3.05, 3.63) is 35.4 Å². The summed E-state index contributed by atoms with van der Waals surface area (Å²) in [5.41, 5.74) is 0.579. The van der Waals surface area contributed by atoms with Gasteiger partial charge in [-0.15, -0.1) is 0 Å². The summed E-state index contributed by atoms with van der Waals surface area (Å²) in [6.07, 6.45) is 4.04. The molecule has 0 spiro atoms. The van der Waals surface area contributed by atoms with Crippen LogP contribution < -0.4 is 0 Å². The Labute approximate surface area is 138 Å². The largest absolute Gasteiger partial charge is 0.478 e. The predicted octanol–water partition coefficient (Wildman–Crippen LogP) is 4.78. The number of hydrogen-bond acceptors (Lipinski definition) is 3. The Hall–Kier alpha value is -1.84. The van der Waals surface area contributed by atoms with Gasteiger partial charge in [0.15, 0.2) is 0 Å². The molecule has 1 saturated carbocycles. The van der Waals surface area contributed by atoms with Crippen LogP contribution in [0.5, 0.6) is 0 Å². The van der Waals surface area contributed by atoms with Crippen LogP contribution in [0.15, 0.2) is 24.3 Å². The van der Waals surface area contributed by atoms with Crippen molar-refractivity contribution in [1.82, 2.24) is 0 Å². The Morgan fingerprint density at radius 1 is 1.00 bits per heavy atom. The third-order valence-electron chi connectivity index (χ3n) is 4.30. The van der Waals surface area contributed by atoms with Crippen LogP contribution in [-0.4, -0.2) is 23.1 Å². The first kappa shape index (κ1) is 19.2. The molecule has 0 unspecified atom stereocenters. The molecule has 0 radical (unpaired) electrons. The van der Waals surface area contributed by atoms with Crippen molar-refractivity contribution in [3.63, 3.8) is 0 Å². The summed E-state index contributed by atoms with van der Waals surface area (Å²) >= 11 is 0. The molecule has 1 aromatic carbocycles. The van der Waals surface area contributed by atoms with Crippen LogP contribution in [-0.2, 0) is 4.74 Å². The number of esters is 1. The number of carbonyl (C=O) groups is 2. The standard InChI is InChI=1S/C17H22O4.C2H6/c1-11(2)12-7-9-15(10-8-12)21-17(20)14-5-3-13(4-6-14)16(18)19;1-2/h3-6,11-12,15H,7-10H2,1-2H3,(H,18,19);1-2H3. The van der Waals surface area contributed by atoms with E-state index >= 15 is 0 Å². The van der Waals surface area contributed by atoms with E-state index in [-0.39, 0.29) is 17.6 Å². The van der Waals surface area contributed by atoms with Gasteiger partial charge in [0.1, 0.15) is 6.10 Å². The lowest BCUT2D eigenvalue weighted by atomic mass is 9.80. The topological polar surface area (TPSA) is 63.6 Å². The monoisotopic (exact) mass is 320 g/mol.